The molecule has 0 radical (unpaired) electrons. The van der Waals surface area contributed by atoms with Crippen molar-refractivity contribution < 1.29 is 4.21 Å². The topological polar surface area (TPSA) is 54.9 Å². The number of nitrogens with one attached hydrogen (secondary N) is 1. The van der Waals surface area contributed by atoms with Crippen LogP contribution in [0.4, 0.5) is 10.8 Å². The summed E-state index contributed by atoms with van der Waals surface area (Å²) in [4.78, 5) is 4.58. The fraction of sp³-hybridized carbons (Fsp3) is 0.579. The molecule has 2 aromatic rings. The molecule has 1 saturated carbocycles. The van der Waals surface area contributed by atoms with Gasteiger partial charge in [-0.3, -0.25) is 4.21 Å². The lowest BCUT2D eigenvalue weighted by molar-refractivity contribution is 0.504. The Labute approximate surface area is 157 Å². The van der Waals surface area contributed by atoms with Gasteiger partial charge in [0.2, 0.25) is 5.13 Å². The van der Waals surface area contributed by atoms with Crippen LogP contribution < -0.4 is 5.32 Å². The number of aromatic nitrogens is 2. The van der Waals surface area contributed by atoms with Gasteiger partial charge < -0.3 is 5.32 Å². The predicted octanol–water partition coefficient (Wildman–Crippen LogP) is 5.16. The maximum Gasteiger partial charge on any atom is 0.207 e. The van der Waals surface area contributed by atoms with Gasteiger partial charge in [0, 0.05) is 44.4 Å². The van der Waals surface area contributed by atoms with Crippen LogP contribution >= 0.6 is 11.5 Å². The lowest BCUT2D eigenvalue weighted by Crippen LogP contribution is -2.19. The van der Waals surface area contributed by atoms with E-state index >= 15 is 0 Å². The summed E-state index contributed by atoms with van der Waals surface area (Å²) in [6.45, 7) is 6.33. The molecule has 0 saturated heterocycles. The molecule has 1 unspecified atom stereocenters. The van der Waals surface area contributed by atoms with Crippen molar-refractivity contribution in [3.05, 3.63) is 35.7 Å². The van der Waals surface area contributed by atoms with Crippen LogP contribution in [0.15, 0.2) is 24.3 Å². The molecule has 1 atom stereocenters. The van der Waals surface area contributed by atoms with E-state index in [9.17, 15) is 4.21 Å². The summed E-state index contributed by atoms with van der Waals surface area (Å²) in [5.74, 6) is 1.50. The van der Waals surface area contributed by atoms with E-state index < -0.39 is 10.8 Å². The van der Waals surface area contributed by atoms with Crippen molar-refractivity contribution in [1.82, 2.24) is 9.36 Å². The van der Waals surface area contributed by atoms with Gasteiger partial charge in [-0.1, -0.05) is 52.2 Å². The van der Waals surface area contributed by atoms with Crippen LogP contribution in [-0.2, 0) is 22.0 Å². The summed E-state index contributed by atoms with van der Waals surface area (Å²) in [5.41, 5.74) is 2.05. The highest BCUT2D eigenvalue weighted by Crippen LogP contribution is 2.27. The first-order valence-corrected chi connectivity index (χ1v) is 11.1. The summed E-state index contributed by atoms with van der Waals surface area (Å²) in [6, 6.07) is 8.18. The standard InChI is InChI=1S/C19H27N3OS2/c1-19(2,3)17-21-18(24-22-17)20-15-9-7-8-14(12-15)13-25(23)16-10-5-4-6-11-16/h7-9,12,16H,4-6,10-11,13H2,1-3H3,(H,20,21,22). The minimum absolute atomic E-state index is 0.0465. The van der Waals surface area contributed by atoms with E-state index in [1.54, 1.807) is 0 Å². The zero-order chi connectivity index (χ0) is 17.9. The maximum atomic E-state index is 12.6. The molecule has 0 aliphatic heterocycles. The second-order valence-corrected chi connectivity index (χ2v) is 10.3. The molecule has 1 heterocycles. The third-order valence-electron chi connectivity index (χ3n) is 4.51. The van der Waals surface area contributed by atoms with Gasteiger partial charge in [0.15, 0.2) is 0 Å². The van der Waals surface area contributed by atoms with E-state index in [1.807, 2.05) is 12.1 Å². The van der Waals surface area contributed by atoms with Crippen LogP contribution in [0.25, 0.3) is 0 Å². The third kappa shape index (κ3) is 5.11. The lowest BCUT2D eigenvalue weighted by Gasteiger charge is -2.21. The van der Waals surface area contributed by atoms with Gasteiger partial charge in [0.05, 0.1) is 0 Å². The Morgan fingerprint density at radius 3 is 2.68 bits per heavy atom. The fourth-order valence-corrected chi connectivity index (χ4v) is 5.43. The molecule has 1 aromatic heterocycles. The van der Waals surface area contributed by atoms with Crippen LogP contribution in [0.2, 0.25) is 0 Å². The molecule has 25 heavy (non-hydrogen) atoms. The smallest absolute Gasteiger partial charge is 0.207 e. The quantitative estimate of drug-likeness (QED) is 0.782. The summed E-state index contributed by atoms with van der Waals surface area (Å²) >= 11 is 1.38. The summed E-state index contributed by atoms with van der Waals surface area (Å²) < 4.78 is 17.1. The molecule has 1 aliphatic carbocycles. The van der Waals surface area contributed by atoms with Gasteiger partial charge in [0.1, 0.15) is 5.82 Å². The number of hydrogen-bond donors (Lipinski definition) is 1. The first-order valence-electron chi connectivity index (χ1n) is 8.99. The Morgan fingerprint density at radius 1 is 1.24 bits per heavy atom. The van der Waals surface area contributed by atoms with Crippen molar-refractivity contribution in [2.45, 2.75) is 69.3 Å². The molecule has 1 N–H and O–H groups in total. The largest absolute Gasteiger partial charge is 0.330 e. The number of anilines is 2. The van der Waals surface area contributed by atoms with Gasteiger partial charge in [-0.05, 0) is 30.5 Å². The van der Waals surface area contributed by atoms with Crippen molar-refractivity contribution >= 4 is 33.2 Å². The molecule has 1 fully saturated rings. The van der Waals surface area contributed by atoms with E-state index in [2.05, 4.69) is 47.6 Å². The third-order valence-corrected chi connectivity index (χ3v) is 6.97. The van der Waals surface area contributed by atoms with Crippen molar-refractivity contribution in [2.24, 2.45) is 0 Å². The minimum atomic E-state index is -0.773. The molecule has 136 valence electrons. The van der Waals surface area contributed by atoms with Crippen LogP contribution in [-0.4, -0.2) is 18.8 Å². The molecule has 0 amide bonds. The average molecular weight is 378 g/mol. The molecule has 6 heteroatoms. The highest BCUT2D eigenvalue weighted by atomic mass is 32.2. The van der Waals surface area contributed by atoms with Crippen molar-refractivity contribution in [3.63, 3.8) is 0 Å². The number of hydrogen-bond acceptors (Lipinski definition) is 5. The van der Waals surface area contributed by atoms with E-state index in [4.69, 9.17) is 0 Å². The Kier molecular flexibility index (Phi) is 5.89. The summed E-state index contributed by atoms with van der Waals surface area (Å²) in [6.07, 6.45) is 5.98. The van der Waals surface area contributed by atoms with Gasteiger partial charge >= 0.3 is 0 Å². The van der Waals surface area contributed by atoms with Crippen LogP contribution in [0.3, 0.4) is 0 Å². The zero-order valence-electron chi connectivity index (χ0n) is 15.2. The van der Waals surface area contributed by atoms with E-state index in [1.165, 1.54) is 30.8 Å². The average Bonchev–Trinajstić information content (AvgIpc) is 3.05. The first-order chi connectivity index (χ1) is 11.9. The molecule has 0 bridgehead atoms. The van der Waals surface area contributed by atoms with Crippen molar-refractivity contribution in [3.8, 4) is 0 Å². The maximum absolute atomic E-state index is 12.6. The SMILES string of the molecule is CC(C)(C)c1nsc(Nc2cccc(CS(=O)C3CCCCC3)c2)n1. The highest BCUT2D eigenvalue weighted by Gasteiger charge is 2.21. The Bertz CT molecular complexity index is 730. The second kappa shape index (κ2) is 7.96. The summed E-state index contributed by atoms with van der Waals surface area (Å²) in [7, 11) is -0.773. The summed E-state index contributed by atoms with van der Waals surface area (Å²) in [5, 5.41) is 4.51. The Balaban J connectivity index is 1.65. The second-order valence-electron chi connectivity index (χ2n) is 7.78. The minimum Gasteiger partial charge on any atom is -0.330 e. The number of benzene rings is 1. The monoisotopic (exact) mass is 377 g/mol. The molecular weight excluding hydrogens is 350 g/mol. The van der Waals surface area contributed by atoms with Gasteiger partial charge in [-0.25, -0.2) is 4.98 Å². The molecule has 1 aliphatic rings. The zero-order valence-corrected chi connectivity index (χ0v) is 16.9. The predicted molar refractivity (Wildman–Crippen MR) is 107 cm³/mol. The van der Waals surface area contributed by atoms with Crippen molar-refractivity contribution in [1.29, 1.82) is 0 Å². The Morgan fingerprint density at radius 2 is 2.00 bits per heavy atom. The first kappa shape index (κ1) is 18.5. The van der Waals surface area contributed by atoms with Gasteiger partial charge in [-0.2, -0.15) is 4.37 Å². The van der Waals surface area contributed by atoms with Crippen molar-refractivity contribution in [2.75, 3.05) is 5.32 Å². The Hall–Kier alpha value is -1.27. The van der Waals surface area contributed by atoms with Crippen LogP contribution in [0, 0.1) is 0 Å². The highest BCUT2D eigenvalue weighted by molar-refractivity contribution is 7.84. The fourth-order valence-electron chi connectivity index (χ4n) is 3.05. The van der Waals surface area contributed by atoms with Gasteiger partial charge in [0.25, 0.3) is 0 Å². The molecule has 1 aromatic carbocycles. The van der Waals surface area contributed by atoms with E-state index in [0.29, 0.717) is 11.0 Å². The van der Waals surface area contributed by atoms with Gasteiger partial charge in [-0.15, -0.1) is 0 Å². The molecule has 0 spiro atoms. The number of nitrogens with zero attached hydrogens (tertiary/aromatic N) is 2. The molecular formula is C19H27N3OS2. The number of rotatable bonds is 5. The van der Waals surface area contributed by atoms with E-state index in [-0.39, 0.29) is 5.41 Å². The molecule has 3 rings (SSSR count). The molecule has 4 nitrogen and oxygen atoms in total. The lowest BCUT2D eigenvalue weighted by atomic mass is 9.96. The van der Waals surface area contributed by atoms with Crippen LogP contribution in [0.5, 0.6) is 0 Å². The van der Waals surface area contributed by atoms with Crippen LogP contribution in [0.1, 0.15) is 64.3 Å². The normalized spacial score (nSPS) is 17.4. The van der Waals surface area contributed by atoms with E-state index in [0.717, 1.165) is 35.0 Å².